The number of thioether (sulfide) groups is 1. The second-order valence-corrected chi connectivity index (χ2v) is 9.09. The Bertz CT molecular complexity index is 1150. The van der Waals surface area contributed by atoms with Gasteiger partial charge in [-0.1, -0.05) is 49.5 Å². The molecule has 0 aliphatic rings. The van der Waals surface area contributed by atoms with Gasteiger partial charge in [0.1, 0.15) is 11.8 Å². The van der Waals surface area contributed by atoms with Crippen molar-refractivity contribution in [1.82, 2.24) is 34.3 Å². The van der Waals surface area contributed by atoms with Crippen LogP contribution in [0, 0.1) is 0 Å². The van der Waals surface area contributed by atoms with Gasteiger partial charge in [0.15, 0.2) is 22.4 Å². The van der Waals surface area contributed by atoms with Crippen LogP contribution >= 0.6 is 23.4 Å². The number of nitrogens with two attached hydrogens (primary N) is 1. The highest BCUT2D eigenvalue weighted by Crippen LogP contribution is 2.26. The Morgan fingerprint density at radius 1 is 0.969 bits per heavy atom. The number of fused-ring (bicyclic) bond motifs is 1. The highest BCUT2D eigenvalue weighted by Gasteiger charge is 2.14. The first kappa shape index (κ1) is 22.5. The average Bonchev–Trinajstić information content (AvgIpc) is 3.40. The van der Waals surface area contributed by atoms with E-state index in [1.807, 2.05) is 28.8 Å². The summed E-state index contributed by atoms with van der Waals surface area (Å²) in [5.74, 6) is 2.22. The second kappa shape index (κ2) is 10.8. The van der Waals surface area contributed by atoms with E-state index in [2.05, 4.69) is 36.6 Å². The third-order valence-electron chi connectivity index (χ3n) is 5.26. The Labute approximate surface area is 196 Å². The zero-order chi connectivity index (χ0) is 22.3. The van der Waals surface area contributed by atoms with Crippen molar-refractivity contribution in [2.75, 3.05) is 11.5 Å². The molecule has 0 bridgehead atoms. The maximum Gasteiger partial charge on any atom is 0.191 e. The van der Waals surface area contributed by atoms with Crippen molar-refractivity contribution in [1.29, 1.82) is 0 Å². The monoisotopic (exact) mass is 470 g/mol. The molecule has 0 radical (unpaired) electrons. The number of imidazole rings is 1. The van der Waals surface area contributed by atoms with Crippen LogP contribution in [-0.2, 0) is 13.1 Å². The summed E-state index contributed by atoms with van der Waals surface area (Å²) in [5.41, 5.74) is 8.33. The molecule has 1 aromatic carbocycles. The molecule has 32 heavy (non-hydrogen) atoms. The summed E-state index contributed by atoms with van der Waals surface area (Å²) >= 11 is 7.80. The van der Waals surface area contributed by atoms with E-state index in [0.717, 1.165) is 58.9 Å². The van der Waals surface area contributed by atoms with E-state index in [0.29, 0.717) is 11.3 Å². The molecular formula is C22H27ClN8S. The van der Waals surface area contributed by atoms with Crippen molar-refractivity contribution in [2.24, 2.45) is 0 Å². The first-order chi connectivity index (χ1) is 15.7. The standard InChI is InChI=1S/C22H27ClN8S/c1-2-3-4-5-12-31-20(16-7-9-17(23)10-8-16)28-29-22(31)32-13-6-11-30-15-27-18-19(24)25-14-26-21(18)30/h7-10,14-15H,2-6,11-13H2,1H3,(H2,24,25,26). The average molecular weight is 471 g/mol. The van der Waals surface area contributed by atoms with Gasteiger partial charge in [0, 0.05) is 29.4 Å². The fourth-order valence-corrected chi connectivity index (χ4v) is 4.58. The largest absolute Gasteiger partial charge is 0.382 e. The van der Waals surface area contributed by atoms with E-state index in [-0.39, 0.29) is 0 Å². The van der Waals surface area contributed by atoms with Gasteiger partial charge in [-0.05, 0) is 37.1 Å². The van der Waals surface area contributed by atoms with E-state index in [1.54, 1.807) is 18.1 Å². The third-order valence-corrected chi connectivity index (χ3v) is 6.56. The smallest absolute Gasteiger partial charge is 0.191 e. The third kappa shape index (κ3) is 5.21. The lowest BCUT2D eigenvalue weighted by Crippen LogP contribution is -2.04. The number of benzene rings is 1. The van der Waals surface area contributed by atoms with E-state index in [1.165, 1.54) is 25.6 Å². The first-order valence-electron chi connectivity index (χ1n) is 10.9. The van der Waals surface area contributed by atoms with Crippen molar-refractivity contribution >= 4 is 40.3 Å². The normalized spacial score (nSPS) is 11.4. The van der Waals surface area contributed by atoms with Crippen LogP contribution in [-0.4, -0.2) is 40.0 Å². The molecule has 0 aliphatic carbocycles. The van der Waals surface area contributed by atoms with Gasteiger partial charge < -0.3 is 14.9 Å². The van der Waals surface area contributed by atoms with Crippen LogP contribution in [0.5, 0.6) is 0 Å². The highest BCUT2D eigenvalue weighted by molar-refractivity contribution is 7.99. The molecule has 168 valence electrons. The number of aromatic nitrogens is 7. The van der Waals surface area contributed by atoms with Crippen LogP contribution < -0.4 is 5.73 Å². The molecule has 2 N–H and O–H groups in total. The Morgan fingerprint density at radius 2 is 1.81 bits per heavy atom. The van der Waals surface area contributed by atoms with Gasteiger partial charge >= 0.3 is 0 Å². The van der Waals surface area contributed by atoms with Gasteiger partial charge in [0.2, 0.25) is 0 Å². The minimum absolute atomic E-state index is 0.411. The van der Waals surface area contributed by atoms with E-state index in [9.17, 15) is 0 Å². The summed E-state index contributed by atoms with van der Waals surface area (Å²) < 4.78 is 4.26. The lowest BCUT2D eigenvalue weighted by Gasteiger charge is -2.10. The Balaban J connectivity index is 1.42. The van der Waals surface area contributed by atoms with Crippen LogP contribution in [0.3, 0.4) is 0 Å². The van der Waals surface area contributed by atoms with Crippen molar-refractivity contribution < 1.29 is 0 Å². The second-order valence-electron chi connectivity index (χ2n) is 7.60. The van der Waals surface area contributed by atoms with Gasteiger partial charge in [0.05, 0.1) is 6.33 Å². The van der Waals surface area contributed by atoms with E-state index >= 15 is 0 Å². The number of hydrogen-bond donors (Lipinski definition) is 1. The number of halogens is 1. The summed E-state index contributed by atoms with van der Waals surface area (Å²) in [6, 6.07) is 7.79. The first-order valence-corrected chi connectivity index (χ1v) is 12.3. The molecule has 8 nitrogen and oxygen atoms in total. The van der Waals surface area contributed by atoms with Gasteiger partial charge in [-0.2, -0.15) is 0 Å². The molecule has 4 rings (SSSR count). The summed E-state index contributed by atoms with van der Waals surface area (Å²) in [6.07, 6.45) is 8.97. The molecule has 0 saturated carbocycles. The molecule has 0 amide bonds. The minimum Gasteiger partial charge on any atom is -0.382 e. The molecule has 0 fully saturated rings. The molecule has 0 atom stereocenters. The van der Waals surface area contributed by atoms with Crippen LogP contribution in [0.1, 0.15) is 39.0 Å². The molecule has 3 aromatic heterocycles. The van der Waals surface area contributed by atoms with E-state index < -0.39 is 0 Å². The van der Waals surface area contributed by atoms with Crippen LogP contribution in [0.15, 0.2) is 42.1 Å². The lowest BCUT2D eigenvalue weighted by atomic mass is 10.2. The summed E-state index contributed by atoms with van der Waals surface area (Å²) in [5, 5.41) is 10.7. The number of aryl methyl sites for hydroxylation is 1. The molecular weight excluding hydrogens is 444 g/mol. The zero-order valence-corrected chi connectivity index (χ0v) is 19.7. The number of nitrogen functional groups attached to an aromatic ring is 1. The molecule has 10 heteroatoms. The van der Waals surface area contributed by atoms with Gasteiger partial charge in [-0.25, -0.2) is 15.0 Å². The molecule has 0 unspecified atom stereocenters. The molecule has 0 aliphatic heterocycles. The fourth-order valence-electron chi connectivity index (χ4n) is 3.57. The zero-order valence-electron chi connectivity index (χ0n) is 18.1. The van der Waals surface area contributed by atoms with Crippen LogP contribution in [0.4, 0.5) is 5.82 Å². The molecule has 3 heterocycles. The van der Waals surface area contributed by atoms with Crippen molar-refractivity contribution in [2.45, 2.75) is 57.3 Å². The predicted molar refractivity (Wildman–Crippen MR) is 130 cm³/mol. The minimum atomic E-state index is 0.411. The fraction of sp³-hybridized carbons (Fsp3) is 0.409. The van der Waals surface area contributed by atoms with Crippen LogP contribution in [0.25, 0.3) is 22.6 Å². The molecule has 0 saturated heterocycles. The summed E-state index contributed by atoms with van der Waals surface area (Å²) in [4.78, 5) is 12.6. The van der Waals surface area contributed by atoms with Gasteiger partial charge in [0.25, 0.3) is 0 Å². The highest BCUT2D eigenvalue weighted by atomic mass is 35.5. The SMILES string of the molecule is CCCCCCn1c(SCCCn2cnc3c(N)ncnc32)nnc1-c1ccc(Cl)cc1. The van der Waals surface area contributed by atoms with Crippen molar-refractivity contribution in [3.8, 4) is 11.4 Å². The maximum absolute atomic E-state index is 6.07. The quantitative estimate of drug-likeness (QED) is 0.241. The topological polar surface area (TPSA) is 100 Å². The number of nitrogens with zero attached hydrogens (tertiary/aromatic N) is 7. The maximum atomic E-state index is 6.07. The number of hydrogen-bond acceptors (Lipinski definition) is 7. The van der Waals surface area contributed by atoms with Crippen molar-refractivity contribution in [3.63, 3.8) is 0 Å². The van der Waals surface area contributed by atoms with Crippen LogP contribution in [0.2, 0.25) is 5.02 Å². The number of rotatable bonds is 11. The Hall–Kier alpha value is -2.65. The van der Waals surface area contributed by atoms with Gasteiger partial charge in [-0.15, -0.1) is 10.2 Å². The Morgan fingerprint density at radius 3 is 2.62 bits per heavy atom. The van der Waals surface area contributed by atoms with Crippen molar-refractivity contribution in [3.05, 3.63) is 41.9 Å². The summed E-state index contributed by atoms with van der Waals surface area (Å²) in [7, 11) is 0. The van der Waals surface area contributed by atoms with E-state index in [4.69, 9.17) is 17.3 Å². The number of unbranched alkanes of at least 4 members (excludes halogenated alkanes) is 3. The summed E-state index contributed by atoms with van der Waals surface area (Å²) in [6.45, 7) is 3.94. The number of anilines is 1. The predicted octanol–water partition coefficient (Wildman–Crippen LogP) is 5.08. The Kier molecular flexibility index (Phi) is 7.59. The lowest BCUT2D eigenvalue weighted by molar-refractivity contribution is 0.556. The molecule has 4 aromatic rings. The molecule has 0 spiro atoms. The van der Waals surface area contributed by atoms with Gasteiger partial charge in [-0.3, -0.25) is 0 Å².